The highest BCUT2D eigenvalue weighted by atomic mass is 16.5. The molecule has 1 fully saturated rings. The highest BCUT2D eigenvalue weighted by Crippen LogP contribution is 2.32. The van der Waals surface area contributed by atoms with Gasteiger partial charge in [0.15, 0.2) is 0 Å². The predicted octanol–water partition coefficient (Wildman–Crippen LogP) is 1.75. The molecular formula is C21H22N2O5. The van der Waals surface area contributed by atoms with Crippen molar-refractivity contribution in [3.8, 4) is 5.75 Å². The molecule has 0 aliphatic carbocycles. The molecule has 7 nitrogen and oxygen atoms in total. The van der Waals surface area contributed by atoms with Crippen LogP contribution in [0, 0.1) is 5.92 Å². The summed E-state index contributed by atoms with van der Waals surface area (Å²) in [6, 6.07) is 16.0. The molecule has 1 aliphatic heterocycles. The number of carbonyl (C=O) groups is 3. The van der Waals surface area contributed by atoms with Gasteiger partial charge in [0.25, 0.3) is 5.91 Å². The maximum Gasteiger partial charge on any atom is 0.308 e. The van der Waals surface area contributed by atoms with E-state index in [-0.39, 0.29) is 30.8 Å². The van der Waals surface area contributed by atoms with Crippen LogP contribution in [-0.4, -0.2) is 54.5 Å². The van der Waals surface area contributed by atoms with Gasteiger partial charge >= 0.3 is 5.97 Å². The predicted molar refractivity (Wildman–Crippen MR) is 102 cm³/mol. The lowest BCUT2D eigenvalue weighted by Crippen LogP contribution is -2.39. The van der Waals surface area contributed by atoms with Crippen LogP contribution in [-0.2, 0) is 9.59 Å². The van der Waals surface area contributed by atoms with Gasteiger partial charge in [-0.3, -0.25) is 14.4 Å². The minimum absolute atomic E-state index is 0.128. The number of amides is 2. The van der Waals surface area contributed by atoms with Gasteiger partial charge in [0.2, 0.25) is 5.91 Å². The lowest BCUT2D eigenvalue weighted by molar-refractivity contribution is -0.141. The van der Waals surface area contributed by atoms with Gasteiger partial charge in [-0.05, 0) is 23.8 Å². The van der Waals surface area contributed by atoms with Gasteiger partial charge in [-0.25, -0.2) is 0 Å². The molecule has 2 N–H and O–H groups in total. The zero-order valence-corrected chi connectivity index (χ0v) is 15.5. The number of ether oxygens (including phenoxy) is 1. The molecule has 0 radical (unpaired) electrons. The minimum Gasteiger partial charge on any atom is -0.497 e. The Morgan fingerprint density at radius 3 is 2.54 bits per heavy atom. The van der Waals surface area contributed by atoms with Gasteiger partial charge in [-0.2, -0.15) is 0 Å². The Morgan fingerprint density at radius 2 is 1.86 bits per heavy atom. The molecule has 28 heavy (non-hydrogen) atoms. The second-order valence-electron chi connectivity index (χ2n) is 6.68. The average Bonchev–Trinajstić information content (AvgIpc) is 3.18. The van der Waals surface area contributed by atoms with E-state index in [1.54, 1.807) is 24.3 Å². The highest BCUT2D eigenvalue weighted by Gasteiger charge is 2.40. The Balaban J connectivity index is 1.62. The van der Waals surface area contributed by atoms with Crippen molar-refractivity contribution >= 4 is 17.8 Å². The Labute approximate surface area is 162 Å². The summed E-state index contributed by atoms with van der Waals surface area (Å²) in [7, 11) is 1.51. The van der Waals surface area contributed by atoms with Gasteiger partial charge in [0.05, 0.1) is 19.6 Å². The molecule has 3 rings (SSSR count). The molecule has 1 aliphatic rings. The molecule has 2 aromatic carbocycles. The maximum atomic E-state index is 12.5. The van der Waals surface area contributed by atoms with E-state index in [4.69, 9.17) is 4.74 Å². The molecular weight excluding hydrogens is 360 g/mol. The maximum absolute atomic E-state index is 12.5. The van der Waals surface area contributed by atoms with Crippen molar-refractivity contribution in [3.63, 3.8) is 0 Å². The Hall–Kier alpha value is -3.35. The molecule has 0 aromatic heterocycles. The van der Waals surface area contributed by atoms with E-state index in [1.165, 1.54) is 12.0 Å². The fraction of sp³-hybridized carbons (Fsp3) is 0.286. The number of rotatable bonds is 6. The van der Waals surface area contributed by atoms with E-state index in [0.717, 1.165) is 5.56 Å². The highest BCUT2D eigenvalue weighted by molar-refractivity contribution is 5.96. The summed E-state index contributed by atoms with van der Waals surface area (Å²) in [5, 5.41) is 12.1. The molecule has 1 heterocycles. The molecule has 2 aromatic rings. The molecule has 0 saturated carbocycles. The van der Waals surface area contributed by atoms with Crippen molar-refractivity contribution < 1.29 is 24.2 Å². The van der Waals surface area contributed by atoms with Crippen LogP contribution in [0.25, 0.3) is 0 Å². The Kier molecular flexibility index (Phi) is 5.93. The van der Waals surface area contributed by atoms with Crippen LogP contribution in [0.1, 0.15) is 21.8 Å². The number of methoxy groups -OCH3 is 1. The Bertz CT molecular complexity index is 868. The number of aliphatic carboxylic acids is 1. The summed E-state index contributed by atoms with van der Waals surface area (Å²) < 4.78 is 5.09. The van der Waals surface area contributed by atoms with Crippen molar-refractivity contribution in [2.45, 2.75) is 5.92 Å². The van der Waals surface area contributed by atoms with Crippen molar-refractivity contribution in [3.05, 3.63) is 65.7 Å². The standard InChI is InChI=1S/C21H22N2O5/c1-28-16-9-5-8-15(10-16)20(25)22-11-19(24)23-12-17(18(13-23)21(26)27)14-6-3-2-4-7-14/h2-10,17-18H,11-13H2,1H3,(H,22,25)(H,26,27)/t17-,18-/m0/s1. The number of carbonyl (C=O) groups excluding carboxylic acids is 2. The first-order chi connectivity index (χ1) is 13.5. The monoisotopic (exact) mass is 382 g/mol. The van der Waals surface area contributed by atoms with Crippen LogP contribution >= 0.6 is 0 Å². The van der Waals surface area contributed by atoms with Crippen LogP contribution < -0.4 is 10.1 Å². The van der Waals surface area contributed by atoms with E-state index >= 15 is 0 Å². The zero-order chi connectivity index (χ0) is 20.1. The molecule has 2 amide bonds. The van der Waals surface area contributed by atoms with Crippen molar-refractivity contribution in [2.24, 2.45) is 5.92 Å². The topological polar surface area (TPSA) is 95.9 Å². The van der Waals surface area contributed by atoms with Gasteiger partial charge < -0.3 is 20.1 Å². The molecule has 7 heteroatoms. The van der Waals surface area contributed by atoms with Crippen LogP contribution in [0.2, 0.25) is 0 Å². The summed E-state index contributed by atoms with van der Waals surface area (Å²) in [6.45, 7) is 0.251. The minimum atomic E-state index is -0.926. The lowest BCUT2D eigenvalue weighted by atomic mass is 9.89. The number of likely N-dealkylation sites (tertiary alicyclic amines) is 1. The smallest absolute Gasteiger partial charge is 0.308 e. The molecule has 0 spiro atoms. The van der Waals surface area contributed by atoms with Crippen molar-refractivity contribution in [1.29, 1.82) is 0 Å². The third-order valence-corrected chi connectivity index (χ3v) is 4.95. The number of hydrogen-bond acceptors (Lipinski definition) is 4. The number of hydrogen-bond donors (Lipinski definition) is 2. The first-order valence-corrected chi connectivity index (χ1v) is 8.97. The zero-order valence-electron chi connectivity index (χ0n) is 15.5. The SMILES string of the molecule is COc1cccc(C(=O)NCC(=O)N2C[C@H](C(=O)O)[C@H](c3ccccc3)C2)c1. The van der Waals surface area contributed by atoms with Gasteiger partial charge in [0, 0.05) is 24.6 Å². The average molecular weight is 382 g/mol. The van der Waals surface area contributed by atoms with E-state index in [1.807, 2.05) is 30.3 Å². The molecule has 1 saturated heterocycles. The molecule has 0 unspecified atom stereocenters. The van der Waals surface area contributed by atoms with Gasteiger partial charge in [0.1, 0.15) is 5.75 Å². The third kappa shape index (κ3) is 4.31. The summed E-state index contributed by atoms with van der Waals surface area (Å²) in [5.41, 5.74) is 1.28. The first kappa shape index (κ1) is 19.4. The van der Waals surface area contributed by atoms with E-state index in [2.05, 4.69) is 5.32 Å². The van der Waals surface area contributed by atoms with E-state index in [0.29, 0.717) is 17.9 Å². The largest absolute Gasteiger partial charge is 0.497 e. The van der Waals surface area contributed by atoms with Gasteiger partial charge in [-0.15, -0.1) is 0 Å². The summed E-state index contributed by atoms with van der Waals surface area (Å²) in [4.78, 5) is 37.9. The van der Waals surface area contributed by atoms with Gasteiger partial charge in [-0.1, -0.05) is 36.4 Å². The van der Waals surface area contributed by atoms with Crippen molar-refractivity contribution in [2.75, 3.05) is 26.7 Å². The second kappa shape index (κ2) is 8.56. The number of nitrogens with one attached hydrogen (secondary N) is 1. The lowest BCUT2D eigenvalue weighted by Gasteiger charge is -2.17. The fourth-order valence-electron chi connectivity index (χ4n) is 3.43. The normalized spacial score (nSPS) is 18.5. The van der Waals surface area contributed by atoms with E-state index in [9.17, 15) is 19.5 Å². The van der Waals surface area contributed by atoms with Crippen LogP contribution in [0.4, 0.5) is 0 Å². The second-order valence-corrected chi connectivity index (χ2v) is 6.68. The third-order valence-electron chi connectivity index (χ3n) is 4.95. The van der Waals surface area contributed by atoms with Crippen LogP contribution in [0.15, 0.2) is 54.6 Å². The number of benzene rings is 2. The quantitative estimate of drug-likeness (QED) is 0.794. The first-order valence-electron chi connectivity index (χ1n) is 8.97. The summed E-state index contributed by atoms with van der Waals surface area (Å²) in [5.74, 6) is -2.00. The fourth-order valence-corrected chi connectivity index (χ4v) is 3.43. The molecule has 146 valence electrons. The number of carboxylic acid groups (broad SMARTS) is 1. The Morgan fingerprint density at radius 1 is 1.11 bits per heavy atom. The number of nitrogens with zero attached hydrogens (tertiary/aromatic N) is 1. The van der Waals surface area contributed by atoms with Crippen molar-refractivity contribution in [1.82, 2.24) is 10.2 Å². The summed E-state index contributed by atoms with van der Waals surface area (Å²) >= 11 is 0. The summed E-state index contributed by atoms with van der Waals surface area (Å²) in [6.07, 6.45) is 0. The molecule has 0 bridgehead atoms. The van der Waals surface area contributed by atoms with Crippen LogP contribution in [0.3, 0.4) is 0 Å². The molecule has 2 atom stereocenters. The number of carboxylic acids is 1. The van der Waals surface area contributed by atoms with Crippen LogP contribution in [0.5, 0.6) is 5.75 Å². The van der Waals surface area contributed by atoms with E-state index < -0.39 is 11.9 Å².